The summed E-state index contributed by atoms with van der Waals surface area (Å²) in [6.07, 6.45) is 1.14. The van der Waals surface area contributed by atoms with Crippen LogP contribution in [0.2, 0.25) is 5.02 Å². The molecule has 11 heteroatoms. The van der Waals surface area contributed by atoms with E-state index in [1.807, 2.05) is 48.8 Å². The maximum atomic E-state index is 12.9. The number of halogens is 1. The number of pyridine rings is 1. The van der Waals surface area contributed by atoms with Crippen LogP contribution in [-0.2, 0) is 26.5 Å². The second-order valence-corrected chi connectivity index (χ2v) is 13.5. The van der Waals surface area contributed by atoms with Gasteiger partial charge in [-0.1, -0.05) is 48.9 Å². The summed E-state index contributed by atoms with van der Waals surface area (Å²) in [5.74, 6) is 0.467. The smallest absolute Gasteiger partial charge is 0.254 e. The topological polar surface area (TPSA) is 142 Å². The normalized spacial score (nSPS) is 25.6. The van der Waals surface area contributed by atoms with Gasteiger partial charge in [0.25, 0.3) is 5.91 Å². The average Bonchev–Trinajstić information content (AvgIpc) is 4.02. The summed E-state index contributed by atoms with van der Waals surface area (Å²) in [6.45, 7) is 2.84. The van der Waals surface area contributed by atoms with Gasteiger partial charge in [-0.05, 0) is 79.3 Å². The summed E-state index contributed by atoms with van der Waals surface area (Å²) in [6, 6.07) is 16.2. The second-order valence-electron chi connectivity index (χ2n) is 13.1. The Labute approximate surface area is 279 Å². The molecule has 10 nitrogen and oxygen atoms in total. The maximum absolute atomic E-state index is 12.9. The fourth-order valence-electron chi connectivity index (χ4n) is 6.18. The van der Waals surface area contributed by atoms with E-state index < -0.39 is 42.2 Å². The summed E-state index contributed by atoms with van der Waals surface area (Å²) in [5, 5.41) is 40.3. The molecule has 1 aliphatic heterocycles. The van der Waals surface area contributed by atoms with Gasteiger partial charge in [-0.25, -0.2) is 0 Å². The van der Waals surface area contributed by atoms with E-state index in [-0.39, 0.29) is 5.92 Å². The summed E-state index contributed by atoms with van der Waals surface area (Å²) >= 11 is 6.66. The van der Waals surface area contributed by atoms with Crippen molar-refractivity contribution < 1.29 is 39.4 Å². The first kappa shape index (κ1) is 33.8. The largest absolute Gasteiger partial charge is 0.490 e. The lowest BCUT2D eigenvalue weighted by atomic mass is 9.94. The Morgan fingerprint density at radius 3 is 2.57 bits per heavy atom. The third kappa shape index (κ3) is 7.49. The number of hydrogen-bond donors (Lipinski definition) is 4. The fourth-order valence-corrected chi connectivity index (χ4v) is 6.35. The SMILES string of the molecule is CC(CCCN(C)C(=O)[C@H]1OC(O)[C@H](O)[C@@H](O)[C@@H]1O)c1ccc(Cl)c(COC2(c3cnccc3-c3ccccc3OC3CC3)CC2)c1. The predicted octanol–water partition coefficient (Wildman–Crippen LogP) is 4.29. The van der Waals surface area contributed by atoms with E-state index in [4.69, 9.17) is 25.8 Å². The van der Waals surface area contributed by atoms with Crippen molar-refractivity contribution in [1.82, 2.24) is 9.88 Å². The number of aliphatic hydroxyl groups excluding tert-OH is 4. The van der Waals surface area contributed by atoms with Crippen LogP contribution in [0.4, 0.5) is 0 Å². The number of ether oxygens (including phenoxy) is 3. The number of carbonyl (C=O) groups excluding carboxylic acids is 1. The number of nitrogens with zero attached hydrogens (tertiary/aromatic N) is 2. The van der Waals surface area contributed by atoms with Gasteiger partial charge < -0.3 is 39.5 Å². The van der Waals surface area contributed by atoms with E-state index in [1.165, 1.54) is 4.90 Å². The molecule has 3 aliphatic rings. The fraction of sp³-hybridized carbons (Fsp3) is 0.500. The number of rotatable bonds is 13. The lowest BCUT2D eigenvalue weighted by Crippen LogP contribution is -2.61. The summed E-state index contributed by atoms with van der Waals surface area (Å²) < 4.78 is 18.0. The van der Waals surface area contributed by atoms with Gasteiger partial charge in [0, 0.05) is 42.1 Å². The highest BCUT2D eigenvalue weighted by atomic mass is 35.5. The van der Waals surface area contributed by atoms with Crippen molar-refractivity contribution in [1.29, 1.82) is 0 Å². The summed E-state index contributed by atoms with van der Waals surface area (Å²) in [5.41, 5.74) is 4.73. The molecule has 47 heavy (non-hydrogen) atoms. The first-order valence-corrected chi connectivity index (χ1v) is 16.7. The number of hydrogen-bond acceptors (Lipinski definition) is 9. The zero-order chi connectivity index (χ0) is 33.3. The minimum atomic E-state index is -1.76. The highest BCUT2D eigenvalue weighted by molar-refractivity contribution is 6.31. The minimum absolute atomic E-state index is 0.160. The molecule has 1 saturated heterocycles. The Bertz CT molecular complexity index is 1560. The van der Waals surface area contributed by atoms with E-state index >= 15 is 0 Å². The van der Waals surface area contributed by atoms with Crippen LogP contribution in [0, 0.1) is 0 Å². The minimum Gasteiger partial charge on any atom is -0.490 e. The van der Waals surface area contributed by atoms with Crippen molar-refractivity contribution in [3.05, 3.63) is 82.6 Å². The van der Waals surface area contributed by atoms with Crippen LogP contribution >= 0.6 is 11.6 Å². The number of carbonyl (C=O) groups is 1. The standard InChI is InChI=1S/C36H43ClN2O8/c1-21(6-5-17-39(2)34(43)33-31(41)30(40)32(42)35(44)47-33)22-9-12-28(37)23(18-22)20-45-36(14-15-36)27-19-38-16-13-25(27)26-7-3-4-8-29(26)46-24-10-11-24/h3-4,7-9,12-13,16,18-19,21,24,30-33,35,40-42,44H,5-6,10-11,14-15,17,20H2,1-2H3/t21?,30-,31-,32+,33-,35?/m0/s1. The van der Waals surface area contributed by atoms with E-state index in [0.29, 0.717) is 30.7 Å². The van der Waals surface area contributed by atoms with Crippen LogP contribution in [0.3, 0.4) is 0 Å². The molecule has 2 saturated carbocycles. The molecule has 4 N–H and O–H groups in total. The third-order valence-corrected chi connectivity index (χ3v) is 9.86. The number of benzene rings is 2. The van der Waals surface area contributed by atoms with Gasteiger partial charge in [0.2, 0.25) is 0 Å². The van der Waals surface area contributed by atoms with Crippen molar-refractivity contribution in [3.63, 3.8) is 0 Å². The molecule has 0 radical (unpaired) electrons. The van der Waals surface area contributed by atoms with Gasteiger partial charge in [0.15, 0.2) is 12.4 Å². The van der Waals surface area contributed by atoms with Crippen LogP contribution in [-0.4, -0.2) is 86.6 Å². The number of para-hydroxylation sites is 1. The van der Waals surface area contributed by atoms with Crippen LogP contribution in [0.1, 0.15) is 68.1 Å². The number of likely N-dealkylation sites (N-methyl/N-ethyl adjacent to an activating group) is 1. The van der Waals surface area contributed by atoms with Crippen LogP contribution in [0.25, 0.3) is 11.1 Å². The molecule has 2 aromatic carbocycles. The average molecular weight is 667 g/mol. The third-order valence-electron chi connectivity index (χ3n) is 9.49. The van der Waals surface area contributed by atoms with Crippen molar-refractivity contribution >= 4 is 17.5 Å². The molecule has 6 atom stereocenters. The Balaban J connectivity index is 1.07. The highest BCUT2D eigenvalue weighted by Gasteiger charge is 2.48. The van der Waals surface area contributed by atoms with Gasteiger partial charge in [0.1, 0.15) is 24.1 Å². The number of aliphatic hydroxyl groups is 4. The van der Waals surface area contributed by atoms with Gasteiger partial charge in [-0.15, -0.1) is 0 Å². The van der Waals surface area contributed by atoms with E-state index in [1.54, 1.807) is 7.05 Å². The molecular formula is C36H43ClN2O8. The second kappa shape index (κ2) is 14.2. The van der Waals surface area contributed by atoms with Crippen molar-refractivity contribution in [3.8, 4) is 16.9 Å². The van der Waals surface area contributed by atoms with Gasteiger partial charge >= 0.3 is 0 Å². The Morgan fingerprint density at radius 1 is 1.06 bits per heavy atom. The van der Waals surface area contributed by atoms with Gasteiger partial charge in [-0.3, -0.25) is 9.78 Å². The summed E-state index contributed by atoms with van der Waals surface area (Å²) in [7, 11) is 1.57. The molecule has 0 bridgehead atoms. The molecular weight excluding hydrogens is 624 g/mol. The highest BCUT2D eigenvalue weighted by Crippen LogP contribution is 2.53. The molecule has 3 aromatic rings. The van der Waals surface area contributed by atoms with Crippen molar-refractivity contribution in [2.24, 2.45) is 0 Å². The van der Waals surface area contributed by atoms with Crippen LogP contribution in [0.15, 0.2) is 60.9 Å². The molecule has 2 aliphatic carbocycles. The van der Waals surface area contributed by atoms with Crippen molar-refractivity contribution in [2.45, 2.75) is 100 Å². The monoisotopic (exact) mass is 666 g/mol. The lowest BCUT2D eigenvalue weighted by molar-refractivity contribution is -0.277. The zero-order valence-electron chi connectivity index (χ0n) is 26.7. The molecule has 2 heterocycles. The van der Waals surface area contributed by atoms with Crippen LogP contribution in [0.5, 0.6) is 5.75 Å². The summed E-state index contributed by atoms with van der Waals surface area (Å²) in [4.78, 5) is 18.7. The zero-order valence-corrected chi connectivity index (χ0v) is 27.4. The Kier molecular flexibility index (Phi) is 10.2. The molecule has 252 valence electrons. The number of aromatic nitrogens is 1. The predicted molar refractivity (Wildman–Crippen MR) is 175 cm³/mol. The lowest BCUT2D eigenvalue weighted by Gasteiger charge is -2.38. The first-order chi connectivity index (χ1) is 22.6. The van der Waals surface area contributed by atoms with Gasteiger partial charge in [-0.2, -0.15) is 0 Å². The first-order valence-electron chi connectivity index (χ1n) is 16.3. The van der Waals surface area contributed by atoms with Crippen LogP contribution < -0.4 is 4.74 Å². The quantitative estimate of drug-likeness (QED) is 0.210. The van der Waals surface area contributed by atoms with E-state index in [2.05, 4.69) is 24.0 Å². The molecule has 1 amide bonds. The van der Waals surface area contributed by atoms with Gasteiger partial charge in [0.05, 0.1) is 18.3 Å². The molecule has 1 aromatic heterocycles. The molecule has 0 spiro atoms. The molecule has 3 fully saturated rings. The maximum Gasteiger partial charge on any atom is 0.254 e. The molecule has 6 rings (SSSR count). The van der Waals surface area contributed by atoms with E-state index in [0.717, 1.165) is 65.7 Å². The Morgan fingerprint density at radius 2 is 1.83 bits per heavy atom. The molecule has 2 unspecified atom stereocenters. The Hall–Kier alpha value is -3.09. The van der Waals surface area contributed by atoms with E-state index in [9.17, 15) is 25.2 Å². The number of amides is 1. The van der Waals surface area contributed by atoms with Crippen molar-refractivity contribution in [2.75, 3.05) is 13.6 Å².